The van der Waals surface area contributed by atoms with Gasteiger partial charge in [-0.25, -0.2) is 0 Å². The lowest BCUT2D eigenvalue weighted by Gasteiger charge is -2.03. The lowest BCUT2D eigenvalue weighted by atomic mass is 10.1. The van der Waals surface area contributed by atoms with Gasteiger partial charge in [0.05, 0.1) is 0 Å². The summed E-state index contributed by atoms with van der Waals surface area (Å²) in [5.41, 5.74) is 7.60. The molecule has 1 aromatic carbocycles. The molecule has 0 atom stereocenters. The molecule has 12 heavy (non-hydrogen) atoms. The molecule has 1 aromatic rings. The molecule has 2 N–H and O–H groups in total. The Hall–Kier alpha value is -0.690. The number of anilines is 1. The lowest BCUT2D eigenvalue weighted by molar-refractivity contribution is 0.795. The van der Waals surface area contributed by atoms with Crippen LogP contribution in [0.2, 0.25) is 5.02 Å². The van der Waals surface area contributed by atoms with Crippen LogP contribution in [0.15, 0.2) is 18.2 Å². The van der Waals surface area contributed by atoms with Gasteiger partial charge in [0.15, 0.2) is 0 Å². The minimum Gasteiger partial charge on any atom is -0.399 e. The highest BCUT2D eigenvalue weighted by molar-refractivity contribution is 6.31. The van der Waals surface area contributed by atoms with Gasteiger partial charge in [-0.2, -0.15) is 0 Å². The van der Waals surface area contributed by atoms with E-state index < -0.39 is 0 Å². The van der Waals surface area contributed by atoms with E-state index in [9.17, 15) is 0 Å². The second-order valence-corrected chi connectivity index (χ2v) is 3.36. The number of rotatable bonds is 3. The van der Waals surface area contributed by atoms with E-state index in [1.54, 1.807) is 0 Å². The van der Waals surface area contributed by atoms with Crippen molar-refractivity contribution in [3.63, 3.8) is 0 Å². The fourth-order valence-corrected chi connectivity index (χ4v) is 1.37. The van der Waals surface area contributed by atoms with Crippen LogP contribution in [0.1, 0.15) is 25.3 Å². The number of aryl methyl sites for hydroxylation is 1. The van der Waals surface area contributed by atoms with Crippen LogP contribution in [-0.2, 0) is 6.42 Å². The third kappa shape index (κ3) is 2.42. The summed E-state index contributed by atoms with van der Waals surface area (Å²) in [7, 11) is 0. The molecule has 1 nitrogen and oxygen atoms in total. The van der Waals surface area contributed by atoms with Gasteiger partial charge in [0, 0.05) is 10.7 Å². The van der Waals surface area contributed by atoms with Crippen molar-refractivity contribution >= 4 is 17.3 Å². The Morgan fingerprint density at radius 1 is 1.42 bits per heavy atom. The Balaban J connectivity index is 2.75. The first kappa shape index (κ1) is 9.40. The Kier molecular flexibility index (Phi) is 3.42. The van der Waals surface area contributed by atoms with Gasteiger partial charge in [0.2, 0.25) is 0 Å². The maximum Gasteiger partial charge on any atom is 0.0439 e. The molecule has 0 bridgehead atoms. The first-order valence-corrected chi connectivity index (χ1v) is 4.65. The van der Waals surface area contributed by atoms with Crippen molar-refractivity contribution < 1.29 is 0 Å². The van der Waals surface area contributed by atoms with Gasteiger partial charge >= 0.3 is 0 Å². The molecule has 0 radical (unpaired) electrons. The van der Waals surface area contributed by atoms with E-state index in [1.165, 1.54) is 18.4 Å². The standard InChI is InChI=1S/C10H14ClN/c1-2-3-4-8-7-9(12)5-6-10(8)11/h5-7H,2-4,12H2,1H3. The van der Waals surface area contributed by atoms with Crippen LogP contribution >= 0.6 is 11.6 Å². The molecule has 0 aliphatic carbocycles. The molecule has 0 aliphatic heterocycles. The van der Waals surface area contributed by atoms with E-state index in [0.717, 1.165) is 17.1 Å². The smallest absolute Gasteiger partial charge is 0.0439 e. The van der Waals surface area contributed by atoms with Gasteiger partial charge in [-0.05, 0) is 36.6 Å². The maximum absolute atomic E-state index is 5.98. The second-order valence-electron chi connectivity index (χ2n) is 2.95. The predicted molar refractivity (Wildman–Crippen MR) is 54.5 cm³/mol. The van der Waals surface area contributed by atoms with E-state index in [-0.39, 0.29) is 0 Å². The van der Waals surface area contributed by atoms with Gasteiger partial charge in [-0.3, -0.25) is 0 Å². The van der Waals surface area contributed by atoms with Crippen molar-refractivity contribution in [1.29, 1.82) is 0 Å². The van der Waals surface area contributed by atoms with E-state index in [2.05, 4.69) is 6.92 Å². The van der Waals surface area contributed by atoms with Crippen molar-refractivity contribution in [1.82, 2.24) is 0 Å². The molecule has 1 rings (SSSR count). The number of nitrogen functional groups attached to an aromatic ring is 1. The maximum atomic E-state index is 5.98. The number of hydrogen-bond donors (Lipinski definition) is 1. The average molecular weight is 184 g/mol. The Labute approximate surface area is 78.5 Å². The van der Waals surface area contributed by atoms with Crippen molar-refractivity contribution in [2.75, 3.05) is 5.73 Å². The third-order valence-electron chi connectivity index (χ3n) is 1.87. The fraction of sp³-hybridized carbons (Fsp3) is 0.400. The monoisotopic (exact) mass is 183 g/mol. The second kappa shape index (κ2) is 4.36. The molecule has 0 saturated carbocycles. The van der Waals surface area contributed by atoms with Crippen LogP contribution < -0.4 is 5.73 Å². The predicted octanol–water partition coefficient (Wildman–Crippen LogP) is 3.26. The first-order valence-electron chi connectivity index (χ1n) is 4.28. The zero-order chi connectivity index (χ0) is 8.97. The highest BCUT2D eigenvalue weighted by Crippen LogP contribution is 2.20. The van der Waals surface area contributed by atoms with Crippen LogP contribution in [-0.4, -0.2) is 0 Å². The molecule has 0 spiro atoms. The molecule has 66 valence electrons. The Morgan fingerprint density at radius 2 is 2.17 bits per heavy atom. The normalized spacial score (nSPS) is 10.2. The minimum absolute atomic E-state index is 0.797. The SMILES string of the molecule is CCCCc1cc(N)ccc1Cl. The zero-order valence-corrected chi connectivity index (χ0v) is 8.06. The minimum atomic E-state index is 0.797. The number of hydrogen-bond acceptors (Lipinski definition) is 1. The van der Waals surface area contributed by atoms with Crippen LogP contribution in [0, 0.1) is 0 Å². The van der Waals surface area contributed by atoms with Gasteiger partial charge in [0.25, 0.3) is 0 Å². The summed E-state index contributed by atoms with van der Waals surface area (Å²) in [5, 5.41) is 0.831. The topological polar surface area (TPSA) is 26.0 Å². The number of nitrogens with two attached hydrogens (primary N) is 1. The highest BCUT2D eigenvalue weighted by Gasteiger charge is 1.99. The molecule has 0 unspecified atom stereocenters. The molecule has 0 fully saturated rings. The van der Waals surface area contributed by atoms with E-state index in [1.807, 2.05) is 18.2 Å². The summed E-state index contributed by atoms with van der Waals surface area (Å²) in [6.45, 7) is 2.17. The first-order chi connectivity index (χ1) is 5.74. The van der Waals surface area contributed by atoms with Gasteiger partial charge in [-0.1, -0.05) is 24.9 Å². The number of benzene rings is 1. The number of halogens is 1. The lowest BCUT2D eigenvalue weighted by Crippen LogP contribution is -1.90. The number of unbranched alkanes of at least 4 members (excludes halogenated alkanes) is 1. The van der Waals surface area contributed by atoms with Crippen molar-refractivity contribution in [2.24, 2.45) is 0 Å². The average Bonchev–Trinajstić information content (AvgIpc) is 2.07. The van der Waals surface area contributed by atoms with Crippen molar-refractivity contribution in [2.45, 2.75) is 26.2 Å². The third-order valence-corrected chi connectivity index (χ3v) is 2.24. The van der Waals surface area contributed by atoms with E-state index in [0.29, 0.717) is 0 Å². The quantitative estimate of drug-likeness (QED) is 0.716. The summed E-state index contributed by atoms with van der Waals surface area (Å²) in [5.74, 6) is 0. The molecule has 0 heterocycles. The van der Waals surface area contributed by atoms with Crippen LogP contribution in [0.25, 0.3) is 0 Å². The van der Waals surface area contributed by atoms with Crippen LogP contribution in [0.5, 0.6) is 0 Å². The van der Waals surface area contributed by atoms with E-state index in [4.69, 9.17) is 17.3 Å². The molecule has 2 heteroatoms. The summed E-state index contributed by atoms with van der Waals surface area (Å²) in [6.07, 6.45) is 3.38. The summed E-state index contributed by atoms with van der Waals surface area (Å²) in [6, 6.07) is 5.65. The molecule has 0 saturated heterocycles. The van der Waals surface area contributed by atoms with Crippen LogP contribution in [0.3, 0.4) is 0 Å². The molecular weight excluding hydrogens is 170 g/mol. The van der Waals surface area contributed by atoms with Crippen molar-refractivity contribution in [3.05, 3.63) is 28.8 Å². The zero-order valence-electron chi connectivity index (χ0n) is 7.31. The Bertz CT molecular complexity index is 258. The van der Waals surface area contributed by atoms with Crippen molar-refractivity contribution in [3.8, 4) is 0 Å². The molecule has 0 amide bonds. The summed E-state index contributed by atoms with van der Waals surface area (Å²) >= 11 is 5.98. The molecular formula is C10H14ClN. The van der Waals surface area contributed by atoms with Crippen LogP contribution in [0.4, 0.5) is 5.69 Å². The molecule has 0 aliphatic rings. The largest absolute Gasteiger partial charge is 0.399 e. The Morgan fingerprint density at radius 3 is 2.83 bits per heavy atom. The summed E-state index contributed by atoms with van der Waals surface area (Å²) in [4.78, 5) is 0. The van der Waals surface area contributed by atoms with E-state index >= 15 is 0 Å². The van der Waals surface area contributed by atoms with Gasteiger partial charge in [0.1, 0.15) is 0 Å². The van der Waals surface area contributed by atoms with Gasteiger partial charge < -0.3 is 5.73 Å². The molecule has 0 aromatic heterocycles. The fourth-order valence-electron chi connectivity index (χ4n) is 1.15. The summed E-state index contributed by atoms with van der Waals surface area (Å²) < 4.78 is 0. The highest BCUT2D eigenvalue weighted by atomic mass is 35.5. The van der Waals surface area contributed by atoms with Gasteiger partial charge in [-0.15, -0.1) is 0 Å².